The van der Waals surface area contributed by atoms with Crippen LogP contribution in [0.5, 0.6) is 0 Å². The molecule has 2 heteroatoms. The molecule has 0 saturated heterocycles. The number of benzene rings is 1. The standard InChI is InChI=1S/C15H24FN/c1-3-5-8-13(12-17-11-4-2)14-9-6-7-10-15(14)16/h6-7,9-10,13,17H,3-5,8,11-12H2,1-2H3. The Morgan fingerprint density at radius 1 is 1.18 bits per heavy atom. The van der Waals surface area contributed by atoms with Crippen LogP contribution in [-0.2, 0) is 0 Å². The lowest BCUT2D eigenvalue weighted by Gasteiger charge is -2.18. The van der Waals surface area contributed by atoms with Crippen LogP contribution in [0, 0.1) is 5.82 Å². The summed E-state index contributed by atoms with van der Waals surface area (Å²) in [5.74, 6) is 0.245. The van der Waals surface area contributed by atoms with Gasteiger partial charge in [0.15, 0.2) is 0 Å². The molecule has 1 unspecified atom stereocenters. The highest BCUT2D eigenvalue weighted by molar-refractivity contribution is 5.22. The Kier molecular flexibility index (Phi) is 6.87. The number of halogens is 1. The zero-order valence-electron chi connectivity index (χ0n) is 11.0. The second-order valence-electron chi connectivity index (χ2n) is 4.56. The second-order valence-corrected chi connectivity index (χ2v) is 4.56. The molecule has 17 heavy (non-hydrogen) atoms. The van der Waals surface area contributed by atoms with Crippen molar-refractivity contribution in [3.05, 3.63) is 35.6 Å². The molecule has 96 valence electrons. The minimum absolute atomic E-state index is 0.0631. The van der Waals surface area contributed by atoms with E-state index in [4.69, 9.17) is 0 Å². The van der Waals surface area contributed by atoms with E-state index in [1.165, 1.54) is 6.42 Å². The van der Waals surface area contributed by atoms with Crippen molar-refractivity contribution in [2.75, 3.05) is 13.1 Å². The third kappa shape index (κ3) is 4.86. The summed E-state index contributed by atoms with van der Waals surface area (Å²) < 4.78 is 13.7. The van der Waals surface area contributed by atoms with Gasteiger partial charge >= 0.3 is 0 Å². The summed E-state index contributed by atoms with van der Waals surface area (Å²) in [5.41, 5.74) is 0.865. The van der Waals surface area contributed by atoms with Gasteiger partial charge in [0.05, 0.1) is 0 Å². The summed E-state index contributed by atoms with van der Waals surface area (Å²) in [6.45, 7) is 6.22. The molecule has 0 amide bonds. The molecule has 0 aliphatic heterocycles. The van der Waals surface area contributed by atoms with Crippen LogP contribution in [0.1, 0.15) is 51.0 Å². The first-order valence-corrected chi connectivity index (χ1v) is 6.74. The molecule has 0 radical (unpaired) electrons. The number of hydrogen-bond donors (Lipinski definition) is 1. The average Bonchev–Trinajstić information content (AvgIpc) is 2.35. The topological polar surface area (TPSA) is 12.0 Å². The average molecular weight is 237 g/mol. The predicted molar refractivity (Wildman–Crippen MR) is 71.8 cm³/mol. The molecule has 0 saturated carbocycles. The van der Waals surface area contributed by atoms with Gasteiger partial charge in [-0.25, -0.2) is 4.39 Å². The molecule has 0 heterocycles. The molecule has 0 spiro atoms. The summed E-state index contributed by atoms with van der Waals surface area (Å²) in [7, 11) is 0. The fourth-order valence-electron chi connectivity index (χ4n) is 2.08. The van der Waals surface area contributed by atoms with Gasteiger partial charge in [0.2, 0.25) is 0 Å². The van der Waals surface area contributed by atoms with Crippen LogP contribution in [0.3, 0.4) is 0 Å². The van der Waals surface area contributed by atoms with E-state index in [0.717, 1.165) is 37.9 Å². The fraction of sp³-hybridized carbons (Fsp3) is 0.600. The van der Waals surface area contributed by atoms with Crippen molar-refractivity contribution < 1.29 is 4.39 Å². The largest absolute Gasteiger partial charge is 0.316 e. The van der Waals surface area contributed by atoms with Crippen LogP contribution >= 0.6 is 0 Å². The number of hydrogen-bond acceptors (Lipinski definition) is 1. The SMILES string of the molecule is CCCCC(CNCCC)c1ccccc1F. The van der Waals surface area contributed by atoms with Crippen LogP contribution in [0.2, 0.25) is 0 Å². The number of rotatable bonds is 8. The highest BCUT2D eigenvalue weighted by Gasteiger charge is 2.14. The van der Waals surface area contributed by atoms with Gasteiger partial charge < -0.3 is 5.32 Å². The van der Waals surface area contributed by atoms with Crippen molar-refractivity contribution >= 4 is 0 Å². The monoisotopic (exact) mass is 237 g/mol. The molecule has 0 fully saturated rings. The summed E-state index contributed by atoms with van der Waals surface area (Å²) >= 11 is 0. The van der Waals surface area contributed by atoms with Crippen molar-refractivity contribution in [3.8, 4) is 0 Å². The Hall–Kier alpha value is -0.890. The molecule has 0 aromatic heterocycles. The Morgan fingerprint density at radius 2 is 1.94 bits per heavy atom. The van der Waals surface area contributed by atoms with Crippen molar-refractivity contribution in [2.45, 2.75) is 45.4 Å². The Balaban J connectivity index is 2.64. The van der Waals surface area contributed by atoms with Crippen LogP contribution < -0.4 is 5.32 Å². The van der Waals surface area contributed by atoms with Gasteiger partial charge in [0.25, 0.3) is 0 Å². The molecule has 0 aliphatic rings. The van der Waals surface area contributed by atoms with E-state index in [0.29, 0.717) is 5.92 Å². The molecule has 0 bridgehead atoms. The van der Waals surface area contributed by atoms with Gasteiger partial charge in [0.1, 0.15) is 5.82 Å². The maximum Gasteiger partial charge on any atom is 0.126 e. The molecule has 1 atom stereocenters. The molecule has 1 N–H and O–H groups in total. The number of unbranched alkanes of at least 4 members (excludes halogenated alkanes) is 1. The van der Waals surface area contributed by atoms with Crippen molar-refractivity contribution in [1.82, 2.24) is 5.32 Å². The van der Waals surface area contributed by atoms with Gasteiger partial charge in [-0.3, -0.25) is 0 Å². The molecular formula is C15H24FN. The van der Waals surface area contributed by atoms with Crippen molar-refractivity contribution in [2.24, 2.45) is 0 Å². The third-order valence-electron chi connectivity index (χ3n) is 3.07. The summed E-state index contributed by atoms with van der Waals surface area (Å²) in [4.78, 5) is 0. The molecular weight excluding hydrogens is 213 g/mol. The maximum absolute atomic E-state index is 13.7. The molecule has 1 aromatic carbocycles. The lowest BCUT2D eigenvalue weighted by atomic mass is 9.93. The van der Waals surface area contributed by atoms with E-state index in [1.54, 1.807) is 12.1 Å². The smallest absolute Gasteiger partial charge is 0.126 e. The zero-order chi connectivity index (χ0) is 12.5. The lowest BCUT2D eigenvalue weighted by molar-refractivity contribution is 0.502. The Bertz CT molecular complexity index is 312. The maximum atomic E-state index is 13.7. The predicted octanol–water partition coefficient (Wildman–Crippen LogP) is 4.10. The second kappa shape index (κ2) is 8.24. The Morgan fingerprint density at radius 3 is 2.59 bits per heavy atom. The quantitative estimate of drug-likeness (QED) is 0.671. The molecule has 1 rings (SSSR count). The van der Waals surface area contributed by atoms with E-state index in [-0.39, 0.29) is 5.82 Å². The third-order valence-corrected chi connectivity index (χ3v) is 3.07. The molecule has 1 aromatic rings. The molecule has 0 aliphatic carbocycles. The van der Waals surface area contributed by atoms with Crippen LogP contribution in [0.4, 0.5) is 4.39 Å². The minimum atomic E-state index is -0.0631. The highest BCUT2D eigenvalue weighted by Crippen LogP contribution is 2.23. The summed E-state index contributed by atoms with van der Waals surface area (Å²) in [6.07, 6.45) is 4.51. The highest BCUT2D eigenvalue weighted by atomic mass is 19.1. The van der Waals surface area contributed by atoms with E-state index >= 15 is 0 Å². The van der Waals surface area contributed by atoms with Gasteiger partial charge in [-0.05, 0) is 36.9 Å². The van der Waals surface area contributed by atoms with E-state index < -0.39 is 0 Å². The van der Waals surface area contributed by atoms with Gasteiger partial charge in [-0.15, -0.1) is 0 Å². The number of nitrogens with one attached hydrogen (secondary N) is 1. The van der Waals surface area contributed by atoms with Crippen LogP contribution in [0.25, 0.3) is 0 Å². The zero-order valence-corrected chi connectivity index (χ0v) is 11.0. The van der Waals surface area contributed by atoms with E-state index in [2.05, 4.69) is 19.2 Å². The van der Waals surface area contributed by atoms with Gasteiger partial charge in [-0.1, -0.05) is 44.9 Å². The summed E-state index contributed by atoms with van der Waals surface area (Å²) in [5, 5.41) is 3.40. The van der Waals surface area contributed by atoms with E-state index in [1.807, 2.05) is 12.1 Å². The minimum Gasteiger partial charge on any atom is -0.316 e. The molecule has 1 nitrogen and oxygen atoms in total. The Labute approximate surface area is 104 Å². The lowest BCUT2D eigenvalue weighted by Crippen LogP contribution is -2.23. The summed E-state index contributed by atoms with van der Waals surface area (Å²) in [6, 6.07) is 7.17. The van der Waals surface area contributed by atoms with Crippen LogP contribution in [0.15, 0.2) is 24.3 Å². The van der Waals surface area contributed by atoms with Gasteiger partial charge in [0, 0.05) is 6.54 Å². The normalized spacial score (nSPS) is 12.6. The van der Waals surface area contributed by atoms with Crippen molar-refractivity contribution in [3.63, 3.8) is 0 Å². The van der Waals surface area contributed by atoms with E-state index in [9.17, 15) is 4.39 Å². The van der Waals surface area contributed by atoms with Crippen molar-refractivity contribution in [1.29, 1.82) is 0 Å². The first kappa shape index (κ1) is 14.2. The first-order valence-electron chi connectivity index (χ1n) is 6.74. The first-order chi connectivity index (χ1) is 8.29. The van der Waals surface area contributed by atoms with Crippen LogP contribution in [-0.4, -0.2) is 13.1 Å². The fourth-order valence-corrected chi connectivity index (χ4v) is 2.08. The van der Waals surface area contributed by atoms with Gasteiger partial charge in [-0.2, -0.15) is 0 Å².